The summed E-state index contributed by atoms with van der Waals surface area (Å²) in [5, 5.41) is 22.2. The summed E-state index contributed by atoms with van der Waals surface area (Å²) in [7, 11) is 0. The second-order valence-electron chi connectivity index (χ2n) is 8.56. The van der Waals surface area contributed by atoms with Crippen LogP contribution in [-0.2, 0) is 13.1 Å². The Kier molecular flexibility index (Phi) is 5.30. The summed E-state index contributed by atoms with van der Waals surface area (Å²) >= 11 is 0. The van der Waals surface area contributed by atoms with E-state index in [0.29, 0.717) is 33.9 Å². The Morgan fingerprint density at radius 2 is 1.16 bits per heavy atom. The first-order valence-electron chi connectivity index (χ1n) is 12.0. The van der Waals surface area contributed by atoms with Crippen LogP contribution >= 0.6 is 0 Å². The van der Waals surface area contributed by atoms with Crippen LogP contribution in [0.2, 0.25) is 0 Å². The molecule has 12 nitrogen and oxygen atoms in total. The second-order valence-corrected chi connectivity index (χ2v) is 8.56. The zero-order chi connectivity index (χ0) is 26.6. The molecule has 0 aromatic carbocycles. The number of aromatic nitrogens is 6. The average Bonchev–Trinajstić information content (AvgIpc) is 3.64. The number of rotatable bonds is 5. The van der Waals surface area contributed by atoms with E-state index in [0.717, 1.165) is 18.5 Å². The Morgan fingerprint density at radius 1 is 0.737 bits per heavy atom. The molecule has 0 aliphatic carbocycles. The first kappa shape index (κ1) is 23.2. The smallest absolute Gasteiger partial charge is 0.351 e. The number of hydrogen-bond acceptors (Lipinski definition) is 8. The summed E-state index contributed by atoms with van der Waals surface area (Å²) in [5.41, 5.74) is 1.40. The third-order valence-corrected chi connectivity index (χ3v) is 6.51. The number of hydrogen-bond donors (Lipinski definition) is 2. The van der Waals surface area contributed by atoms with Crippen LogP contribution in [0.3, 0.4) is 0 Å². The minimum atomic E-state index is -0.657. The fraction of sp³-hybridized carbons (Fsp3) is 0.154. The lowest BCUT2D eigenvalue weighted by molar-refractivity contribution is 0.417. The van der Waals surface area contributed by atoms with Crippen molar-refractivity contribution in [3.05, 3.63) is 80.1 Å². The predicted octanol–water partition coefficient (Wildman–Crippen LogP) is 2.68. The SMILES string of the molecule is CCn1c(O)c(C=C2C=Nc3ncccc32)n(-n2c(C=C3C=Nc4ncccc43)c(O)n(CC)c2=O)c1=O. The highest BCUT2D eigenvalue weighted by Gasteiger charge is 2.27. The quantitative estimate of drug-likeness (QED) is 0.422. The van der Waals surface area contributed by atoms with Gasteiger partial charge in [-0.2, -0.15) is 9.35 Å². The van der Waals surface area contributed by atoms with Crippen molar-refractivity contribution in [2.45, 2.75) is 26.9 Å². The van der Waals surface area contributed by atoms with Crippen molar-refractivity contribution in [1.82, 2.24) is 28.5 Å². The molecule has 0 radical (unpaired) electrons. The molecule has 38 heavy (non-hydrogen) atoms. The number of pyridine rings is 2. The fourth-order valence-electron chi connectivity index (χ4n) is 4.67. The molecule has 0 saturated heterocycles. The van der Waals surface area contributed by atoms with Gasteiger partial charge < -0.3 is 10.2 Å². The molecule has 12 heteroatoms. The van der Waals surface area contributed by atoms with E-state index in [1.807, 2.05) is 12.1 Å². The predicted molar refractivity (Wildman–Crippen MR) is 143 cm³/mol. The van der Waals surface area contributed by atoms with Gasteiger partial charge in [0.2, 0.25) is 11.8 Å². The number of nitrogens with zero attached hydrogens (tertiary/aromatic N) is 8. The first-order valence-corrected chi connectivity index (χ1v) is 12.0. The summed E-state index contributed by atoms with van der Waals surface area (Å²) in [5.74, 6) is 0.350. The highest BCUT2D eigenvalue weighted by molar-refractivity contribution is 6.21. The molecule has 0 atom stereocenters. The van der Waals surface area contributed by atoms with Gasteiger partial charge in [-0.1, -0.05) is 0 Å². The van der Waals surface area contributed by atoms with Crippen LogP contribution in [-0.4, -0.2) is 51.1 Å². The van der Waals surface area contributed by atoms with E-state index in [-0.39, 0.29) is 36.2 Å². The van der Waals surface area contributed by atoms with Crippen LogP contribution in [0.4, 0.5) is 11.6 Å². The molecule has 0 unspecified atom stereocenters. The van der Waals surface area contributed by atoms with Gasteiger partial charge in [0.1, 0.15) is 11.4 Å². The van der Waals surface area contributed by atoms with E-state index in [1.165, 1.54) is 0 Å². The number of aliphatic imine (C=N–C) groups is 2. The minimum Gasteiger partial charge on any atom is -0.493 e. The van der Waals surface area contributed by atoms with E-state index in [4.69, 9.17) is 0 Å². The lowest BCUT2D eigenvalue weighted by Crippen LogP contribution is -2.37. The van der Waals surface area contributed by atoms with Crippen molar-refractivity contribution in [2.75, 3.05) is 0 Å². The van der Waals surface area contributed by atoms with Crippen LogP contribution in [0.1, 0.15) is 36.4 Å². The van der Waals surface area contributed by atoms with E-state index >= 15 is 0 Å². The van der Waals surface area contributed by atoms with Crippen molar-refractivity contribution in [1.29, 1.82) is 0 Å². The number of fused-ring (bicyclic) bond motifs is 2. The summed E-state index contributed by atoms with van der Waals surface area (Å²) in [4.78, 5) is 44.2. The van der Waals surface area contributed by atoms with Crippen LogP contribution < -0.4 is 11.4 Å². The van der Waals surface area contributed by atoms with Gasteiger partial charge in [0.05, 0.1) is 0 Å². The molecule has 2 aliphatic heterocycles. The molecule has 6 rings (SSSR count). The second kappa shape index (κ2) is 8.69. The average molecular weight is 511 g/mol. The normalized spacial score (nSPS) is 15.6. The van der Waals surface area contributed by atoms with Gasteiger partial charge in [0.15, 0.2) is 11.6 Å². The molecule has 2 aliphatic rings. The van der Waals surface area contributed by atoms with E-state index in [9.17, 15) is 19.8 Å². The maximum Gasteiger partial charge on any atom is 0.351 e. The Hall–Kier alpha value is -5.26. The third-order valence-electron chi connectivity index (χ3n) is 6.51. The van der Waals surface area contributed by atoms with Crippen molar-refractivity contribution >= 4 is 47.4 Å². The maximum absolute atomic E-state index is 13.6. The van der Waals surface area contributed by atoms with Crippen LogP contribution in [0.15, 0.2) is 56.2 Å². The molecule has 4 aromatic rings. The van der Waals surface area contributed by atoms with Crippen molar-refractivity contribution < 1.29 is 10.2 Å². The summed E-state index contributed by atoms with van der Waals surface area (Å²) in [6.07, 6.45) is 9.54. The van der Waals surface area contributed by atoms with Crippen molar-refractivity contribution in [2.24, 2.45) is 9.98 Å². The topological polar surface area (TPSA) is 145 Å². The van der Waals surface area contributed by atoms with Crippen LogP contribution in [0.25, 0.3) is 23.3 Å². The molecular weight excluding hydrogens is 488 g/mol. The minimum absolute atomic E-state index is 0.0483. The summed E-state index contributed by atoms with van der Waals surface area (Å²) < 4.78 is 4.40. The Balaban J connectivity index is 1.64. The lowest BCUT2D eigenvalue weighted by Gasteiger charge is -2.08. The van der Waals surface area contributed by atoms with Gasteiger partial charge >= 0.3 is 11.4 Å². The van der Waals surface area contributed by atoms with Gasteiger partial charge in [-0.3, -0.25) is 9.13 Å². The van der Waals surface area contributed by atoms with E-state index in [1.54, 1.807) is 63.0 Å². The van der Waals surface area contributed by atoms with Crippen LogP contribution in [0.5, 0.6) is 11.8 Å². The number of allylic oxidation sites excluding steroid dienone is 2. The molecule has 0 amide bonds. The van der Waals surface area contributed by atoms with Gasteiger partial charge in [0, 0.05) is 60.2 Å². The monoisotopic (exact) mass is 510 g/mol. The zero-order valence-corrected chi connectivity index (χ0v) is 20.5. The first-order chi connectivity index (χ1) is 18.4. The largest absolute Gasteiger partial charge is 0.493 e. The molecule has 0 bridgehead atoms. The highest BCUT2D eigenvalue weighted by atomic mass is 16.3. The van der Waals surface area contributed by atoms with Gasteiger partial charge in [0.25, 0.3) is 0 Å². The summed E-state index contributed by atoms with van der Waals surface area (Å²) in [6.45, 7) is 3.71. The van der Waals surface area contributed by atoms with E-state index < -0.39 is 11.4 Å². The Labute approximate surface area is 215 Å². The standard InChI is InChI=1S/C26H22N8O4/c1-3-31-23(35)19(11-15-13-29-21-17(15)7-5-9-27-21)33(25(31)37)34-20(24(36)32(4-2)26(34)38)12-16-14-30-22-18(16)8-6-10-28-22/h5-14,35-36H,3-4H2,1-2H3. The maximum atomic E-state index is 13.6. The molecule has 0 fully saturated rings. The van der Waals surface area contributed by atoms with Crippen molar-refractivity contribution in [3.63, 3.8) is 0 Å². The molecule has 4 aromatic heterocycles. The molecule has 0 spiro atoms. The van der Waals surface area contributed by atoms with Gasteiger partial charge in [-0.05, 0) is 50.3 Å². The Morgan fingerprint density at radius 3 is 1.55 bits per heavy atom. The number of imidazole rings is 2. The molecule has 190 valence electrons. The zero-order valence-electron chi connectivity index (χ0n) is 20.5. The highest BCUT2D eigenvalue weighted by Crippen LogP contribution is 2.34. The summed E-state index contributed by atoms with van der Waals surface area (Å²) in [6, 6.07) is 7.17. The van der Waals surface area contributed by atoms with E-state index in [2.05, 4.69) is 20.0 Å². The molecular formula is C26H22N8O4. The van der Waals surface area contributed by atoms with Crippen LogP contribution in [0, 0.1) is 0 Å². The number of aromatic hydroxyl groups is 2. The van der Waals surface area contributed by atoms with Crippen molar-refractivity contribution in [3.8, 4) is 11.8 Å². The Bertz CT molecular complexity index is 1730. The van der Waals surface area contributed by atoms with Gasteiger partial charge in [-0.25, -0.2) is 29.5 Å². The van der Waals surface area contributed by atoms with Gasteiger partial charge in [-0.15, -0.1) is 0 Å². The fourth-order valence-corrected chi connectivity index (χ4v) is 4.67. The molecule has 6 heterocycles. The molecule has 2 N–H and O–H groups in total. The lowest BCUT2D eigenvalue weighted by atomic mass is 10.1. The molecule has 0 saturated carbocycles. The third kappa shape index (κ3) is 3.30.